The Morgan fingerprint density at radius 1 is 1.11 bits per heavy atom. The van der Waals surface area contributed by atoms with E-state index in [1.54, 1.807) is 18.2 Å². The fourth-order valence-corrected chi connectivity index (χ4v) is 7.80. The van der Waals surface area contributed by atoms with Gasteiger partial charge in [0, 0.05) is 36.8 Å². The van der Waals surface area contributed by atoms with E-state index in [-0.39, 0.29) is 47.4 Å². The van der Waals surface area contributed by atoms with Gasteiger partial charge in [0.2, 0.25) is 11.9 Å². The quantitative estimate of drug-likeness (QED) is 0.276. The van der Waals surface area contributed by atoms with Crippen LogP contribution in [0.5, 0.6) is 5.75 Å². The molecule has 2 aromatic rings. The number of carbonyl (C=O) groups is 2. The zero-order valence-corrected chi connectivity index (χ0v) is 27.9. The minimum atomic E-state index is -4.59. The second-order valence-corrected chi connectivity index (χ2v) is 13.5. The molecule has 2 saturated heterocycles. The predicted molar refractivity (Wildman–Crippen MR) is 175 cm³/mol. The number of carbonyl (C=O) groups excluding carboxylic acids is 2. The number of benzene rings is 1. The van der Waals surface area contributed by atoms with Crippen LogP contribution >= 0.6 is 0 Å². The van der Waals surface area contributed by atoms with E-state index in [4.69, 9.17) is 4.74 Å². The van der Waals surface area contributed by atoms with E-state index in [2.05, 4.69) is 44.4 Å². The number of alkyl halides is 3. The van der Waals surface area contributed by atoms with Crippen LogP contribution in [0.3, 0.4) is 0 Å². The number of methoxy groups -OCH3 is 1. The molecule has 1 saturated carbocycles. The van der Waals surface area contributed by atoms with E-state index in [1.807, 2.05) is 0 Å². The maximum Gasteiger partial charge on any atom is 0.419 e. The molecule has 1 aliphatic carbocycles. The first-order valence-electron chi connectivity index (χ1n) is 17.2. The van der Waals surface area contributed by atoms with E-state index in [9.17, 15) is 22.8 Å². The molecular formula is C35H49F3N6O3. The third-order valence-electron chi connectivity index (χ3n) is 10.6. The number of aryl methyl sites for hydroxylation is 1. The lowest BCUT2D eigenvalue weighted by atomic mass is 9.65. The summed E-state index contributed by atoms with van der Waals surface area (Å²) in [5, 5.41) is 6.10. The molecular weight excluding hydrogens is 609 g/mol. The maximum atomic E-state index is 14.1. The molecule has 47 heavy (non-hydrogen) atoms. The van der Waals surface area contributed by atoms with Gasteiger partial charge in [-0.05, 0) is 108 Å². The van der Waals surface area contributed by atoms with Gasteiger partial charge in [0.05, 0.1) is 24.1 Å². The molecule has 12 heteroatoms. The molecule has 2 aliphatic heterocycles. The van der Waals surface area contributed by atoms with Gasteiger partial charge in [0.1, 0.15) is 5.75 Å². The summed E-state index contributed by atoms with van der Waals surface area (Å²) in [6, 6.07) is 5.15. The number of halogens is 3. The van der Waals surface area contributed by atoms with Gasteiger partial charge in [-0.15, -0.1) is 0 Å². The molecule has 0 radical (unpaired) electrons. The number of ether oxygens (including phenoxy) is 1. The Bertz CT molecular complexity index is 1400. The largest absolute Gasteiger partial charge is 0.495 e. The third-order valence-corrected chi connectivity index (χ3v) is 10.6. The molecule has 3 heterocycles. The highest BCUT2D eigenvalue weighted by atomic mass is 19.4. The van der Waals surface area contributed by atoms with Crippen LogP contribution in [-0.4, -0.2) is 77.5 Å². The minimum absolute atomic E-state index is 0.0227. The molecule has 2 amide bonds. The first-order chi connectivity index (χ1) is 22.5. The average molecular weight is 659 g/mol. The second-order valence-electron chi connectivity index (χ2n) is 13.5. The van der Waals surface area contributed by atoms with Crippen molar-refractivity contribution in [2.75, 3.05) is 39.1 Å². The summed E-state index contributed by atoms with van der Waals surface area (Å²) in [6.45, 7) is 4.77. The van der Waals surface area contributed by atoms with Crippen LogP contribution in [0.1, 0.15) is 106 Å². The van der Waals surface area contributed by atoms with Crippen LogP contribution in [0.25, 0.3) is 0 Å². The molecule has 1 aromatic heterocycles. The van der Waals surface area contributed by atoms with Gasteiger partial charge in [0.15, 0.2) is 0 Å². The molecule has 1 aromatic carbocycles. The van der Waals surface area contributed by atoms with Crippen molar-refractivity contribution in [2.45, 2.75) is 109 Å². The molecule has 0 unspecified atom stereocenters. The minimum Gasteiger partial charge on any atom is -0.495 e. The van der Waals surface area contributed by atoms with Crippen LogP contribution in [0, 0.1) is 5.41 Å². The monoisotopic (exact) mass is 658 g/mol. The first-order valence-corrected chi connectivity index (χ1v) is 17.2. The summed E-state index contributed by atoms with van der Waals surface area (Å²) in [5.41, 5.74) is -0.136. The molecule has 9 nitrogen and oxygen atoms in total. The number of anilines is 2. The fourth-order valence-electron chi connectivity index (χ4n) is 7.80. The first kappa shape index (κ1) is 34.9. The smallest absolute Gasteiger partial charge is 0.419 e. The van der Waals surface area contributed by atoms with Crippen LogP contribution in [0.4, 0.5) is 24.8 Å². The van der Waals surface area contributed by atoms with Gasteiger partial charge < -0.3 is 25.2 Å². The molecule has 2 atom stereocenters. The van der Waals surface area contributed by atoms with Gasteiger partial charge in [-0.1, -0.05) is 19.8 Å². The average Bonchev–Trinajstić information content (AvgIpc) is 3.06. The van der Waals surface area contributed by atoms with Crippen molar-refractivity contribution in [3.8, 4) is 5.75 Å². The maximum absolute atomic E-state index is 14.1. The summed E-state index contributed by atoms with van der Waals surface area (Å²) in [5.74, 6) is 0.390. The number of amides is 2. The lowest BCUT2D eigenvalue weighted by Gasteiger charge is -2.50. The van der Waals surface area contributed by atoms with Crippen LogP contribution in [0.2, 0.25) is 0 Å². The fraction of sp³-hybridized carbons (Fsp3) is 0.657. The second kappa shape index (κ2) is 15.2. The van der Waals surface area contributed by atoms with E-state index in [0.717, 1.165) is 90.0 Å². The number of rotatable bonds is 11. The van der Waals surface area contributed by atoms with Crippen molar-refractivity contribution in [1.82, 2.24) is 25.1 Å². The van der Waals surface area contributed by atoms with Gasteiger partial charge >= 0.3 is 6.18 Å². The summed E-state index contributed by atoms with van der Waals surface area (Å²) in [4.78, 5) is 38.5. The zero-order chi connectivity index (χ0) is 33.6. The summed E-state index contributed by atoms with van der Waals surface area (Å²) >= 11 is 0. The number of likely N-dealkylation sites (tertiary alicyclic amines) is 2. The van der Waals surface area contributed by atoms with Crippen molar-refractivity contribution >= 4 is 23.5 Å². The molecule has 258 valence electrons. The number of hydrogen-bond donors (Lipinski definition) is 2. The standard InChI is InChI=1S/C35H49F3N6O3/c1-4-34(17-7-5-11-30(34)44-19-8-6-12-31(44)45)18-9-10-27-26(35(36,37)38)23-39-33(41-27)42-28-14-13-24(22-29(28)47-3)32(46)40-25-15-20-43(2)21-16-25/h13-14,22-23,25,30H,4-12,15-21H2,1-3H3,(H,40,46)(H,39,41,42)/t30-,34-/m1/s1. The SMILES string of the molecule is CC[C@]1(CCCc2nc(Nc3ccc(C(=O)NC4CCN(C)CC4)cc3OC)ncc2C(F)(F)F)CCCC[C@H]1N1CCCCC1=O. The van der Waals surface area contributed by atoms with Crippen molar-refractivity contribution in [3.05, 3.63) is 41.2 Å². The number of piperidine rings is 2. The van der Waals surface area contributed by atoms with Gasteiger partial charge in [-0.3, -0.25) is 9.59 Å². The van der Waals surface area contributed by atoms with Crippen LogP contribution < -0.4 is 15.4 Å². The summed E-state index contributed by atoms with van der Waals surface area (Å²) in [7, 11) is 3.53. The number of hydrogen-bond acceptors (Lipinski definition) is 7. The molecule has 3 fully saturated rings. The Morgan fingerprint density at radius 2 is 1.89 bits per heavy atom. The Morgan fingerprint density at radius 3 is 2.60 bits per heavy atom. The van der Waals surface area contributed by atoms with Gasteiger partial charge in [-0.25, -0.2) is 9.97 Å². The summed E-state index contributed by atoms with van der Waals surface area (Å²) in [6.07, 6.45) is 6.88. The van der Waals surface area contributed by atoms with E-state index >= 15 is 0 Å². The number of nitrogens with one attached hydrogen (secondary N) is 2. The molecule has 3 aliphatic rings. The topological polar surface area (TPSA) is 99.7 Å². The highest BCUT2D eigenvalue weighted by Crippen LogP contribution is 2.47. The van der Waals surface area contributed by atoms with Crippen LogP contribution in [0.15, 0.2) is 24.4 Å². The normalized spacial score (nSPS) is 23.1. The highest BCUT2D eigenvalue weighted by Gasteiger charge is 2.44. The van der Waals surface area contributed by atoms with Crippen molar-refractivity contribution in [2.24, 2.45) is 5.41 Å². The Balaban J connectivity index is 1.30. The Kier molecular flexibility index (Phi) is 11.3. The van der Waals surface area contributed by atoms with Gasteiger partial charge in [0.25, 0.3) is 5.91 Å². The van der Waals surface area contributed by atoms with Crippen molar-refractivity contribution in [1.29, 1.82) is 0 Å². The van der Waals surface area contributed by atoms with Gasteiger partial charge in [-0.2, -0.15) is 13.2 Å². The predicted octanol–water partition coefficient (Wildman–Crippen LogP) is 6.75. The number of aromatic nitrogens is 2. The van der Waals surface area contributed by atoms with Crippen molar-refractivity contribution < 1.29 is 27.5 Å². The van der Waals surface area contributed by atoms with E-state index < -0.39 is 11.7 Å². The summed E-state index contributed by atoms with van der Waals surface area (Å²) < 4.78 is 47.8. The zero-order valence-electron chi connectivity index (χ0n) is 27.9. The van der Waals surface area contributed by atoms with Crippen LogP contribution in [-0.2, 0) is 17.4 Å². The van der Waals surface area contributed by atoms with Crippen molar-refractivity contribution in [3.63, 3.8) is 0 Å². The molecule has 5 rings (SSSR count). The molecule has 2 N–H and O–H groups in total. The Hall–Kier alpha value is -3.41. The van der Waals surface area contributed by atoms with E-state index in [0.29, 0.717) is 29.8 Å². The Labute approximate surface area is 276 Å². The molecule has 0 bridgehead atoms. The third kappa shape index (κ3) is 8.36. The highest BCUT2D eigenvalue weighted by molar-refractivity contribution is 5.95. The molecule has 0 spiro atoms. The van der Waals surface area contributed by atoms with E-state index in [1.165, 1.54) is 7.11 Å². The lowest BCUT2D eigenvalue weighted by Crippen LogP contribution is -2.53. The lowest BCUT2D eigenvalue weighted by molar-refractivity contribution is -0.141. The number of nitrogens with zero attached hydrogens (tertiary/aromatic N) is 4.